The number of anilines is 2. The van der Waals surface area contributed by atoms with E-state index in [0.717, 1.165) is 31.9 Å². The van der Waals surface area contributed by atoms with Crippen molar-refractivity contribution in [2.45, 2.75) is 19.4 Å². The molecule has 0 radical (unpaired) electrons. The third kappa shape index (κ3) is 2.39. The van der Waals surface area contributed by atoms with Gasteiger partial charge < -0.3 is 15.4 Å². The number of pyridine rings is 1. The molecule has 0 saturated carbocycles. The maximum absolute atomic E-state index is 5.59. The van der Waals surface area contributed by atoms with E-state index in [4.69, 9.17) is 10.5 Å². The fourth-order valence-electron chi connectivity index (χ4n) is 1.89. The number of rotatable bonds is 3. The van der Waals surface area contributed by atoms with Gasteiger partial charge in [-0.3, -0.25) is 0 Å². The first-order valence-electron chi connectivity index (χ1n) is 5.37. The summed E-state index contributed by atoms with van der Waals surface area (Å²) >= 11 is 0. The molecule has 0 bridgehead atoms. The van der Waals surface area contributed by atoms with E-state index < -0.39 is 0 Å². The Morgan fingerprint density at radius 3 is 3.13 bits per heavy atom. The first-order chi connectivity index (χ1) is 7.29. The van der Waals surface area contributed by atoms with Crippen LogP contribution in [0.3, 0.4) is 0 Å². The molecule has 82 valence electrons. The molecule has 1 aromatic rings. The monoisotopic (exact) mass is 207 g/mol. The third-order valence-electron chi connectivity index (χ3n) is 2.64. The topological polar surface area (TPSA) is 51.4 Å². The first kappa shape index (κ1) is 10.2. The Kier molecular flexibility index (Phi) is 3.06. The molecule has 2 N–H and O–H groups in total. The molecule has 4 nitrogen and oxygen atoms in total. The summed E-state index contributed by atoms with van der Waals surface area (Å²) in [6.07, 6.45) is 3.14. The summed E-state index contributed by atoms with van der Waals surface area (Å²) in [5, 5.41) is 0. The van der Waals surface area contributed by atoms with Crippen molar-refractivity contribution in [1.29, 1.82) is 0 Å². The molecule has 0 spiro atoms. The van der Waals surface area contributed by atoms with Crippen molar-refractivity contribution in [3.63, 3.8) is 0 Å². The van der Waals surface area contributed by atoms with E-state index in [-0.39, 0.29) is 0 Å². The highest BCUT2D eigenvalue weighted by Crippen LogP contribution is 2.20. The van der Waals surface area contributed by atoms with Crippen LogP contribution in [-0.2, 0) is 4.74 Å². The average Bonchev–Trinajstić information content (AvgIpc) is 2.68. The van der Waals surface area contributed by atoms with Gasteiger partial charge in [-0.15, -0.1) is 0 Å². The van der Waals surface area contributed by atoms with Crippen LogP contribution in [0.1, 0.15) is 13.3 Å². The van der Waals surface area contributed by atoms with Gasteiger partial charge in [0, 0.05) is 19.7 Å². The Balaban J connectivity index is 1.98. The van der Waals surface area contributed by atoms with Crippen molar-refractivity contribution in [2.75, 3.05) is 30.3 Å². The molecule has 0 amide bonds. The molecule has 1 aliphatic rings. The highest BCUT2D eigenvalue weighted by atomic mass is 16.5. The van der Waals surface area contributed by atoms with Crippen molar-refractivity contribution in [3.05, 3.63) is 18.3 Å². The van der Waals surface area contributed by atoms with Gasteiger partial charge >= 0.3 is 0 Å². The van der Waals surface area contributed by atoms with E-state index in [0.29, 0.717) is 11.8 Å². The minimum Gasteiger partial charge on any atom is -0.397 e. The minimum absolute atomic E-state index is 0.356. The van der Waals surface area contributed by atoms with E-state index in [1.165, 1.54) is 0 Å². The highest BCUT2D eigenvalue weighted by molar-refractivity contribution is 5.46. The lowest BCUT2D eigenvalue weighted by molar-refractivity contribution is 0.0787. The molecule has 1 atom stereocenters. The lowest BCUT2D eigenvalue weighted by Gasteiger charge is -2.17. The predicted octanol–water partition coefficient (Wildman–Crippen LogP) is 1.28. The number of ether oxygens (including phenoxy) is 1. The minimum atomic E-state index is 0.356. The van der Waals surface area contributed by atoms with Crippen LogP contribution in [0.5, 0.6) is 0 Å². The van der Waals surface area contributed by atoms with E-state index in [2.05, 4.69) is 9.88 Å². The Morgan fingerprint density at radius 2 is 2.47 bits per heavy atom. The molecule has 1 aromatic heterocycles. The molecular formula is C11H17N3O. The second-order valence-corrected chi connectivity index (χ2v) is 3.76. The van der Waals surface area contributed by atoms with Crippen molar-refractivity contribution in [1.82, 2.24) is 4.98 Å². The molecule has 2 heterocycles. The van der Waals surface area contributed by atoms with Gasteiger partial charge in [0.05, 0.1) is 18.0 Å². The van der Waals surface area contributed by atoms with E-state index >= 15 is 0 Å². The molecular weight excluding hydrogens is 190 g/mol. The quantitative estimate of drug-likeness (QED) is 0.811. The molecule has 0 aliphatic carbocycles. The Hall–Kier alpha value is -1.29. The molecule has 0 aromatic carbocycles. The lowest BCUT2D eigenvalue weighted by Crippen LogP contribution is -2.23. The standard InChI is InChI=1S/C11H17N3O/c1-2-15-10-5-6-14(8-10)11-4-3-9(12)7-13-11/h3-4,7,10H,2,5-6,8,12H2,1H3. The van der Waals surface area contributed by atoms with Crippen LogP contribution in [0.2, 0.25) is 0 Å². The van der Waals surface area contributed by atoms with Crippen molar-refractivity contribution in [2.24, 2.45) is 0 Å². The van der Waals surface area contributed by atoms with Gasteiger partial charge in [-0.2, -0.15) is 0 Å². The normalized spacial score (nSPS) is 20.9. The molecule has 4 heteroatoms. The summed E-state index contributed by atoms with van der Waals surface area (Å²) in [7, 11) is 0. The van der Waals surface area contributed by atoms with Crippen LogP contribution in [0, 0.1) is 0 Å². The number of hydrogen-bond acceptors (Lipinski definition) is 4. The number of hydrogen-bond donors (Lipinski definition) is 1. The van der Waals surface area contributed by atoms with Gasteiger partial charge in [-0.05, 0) is 25.5 Å². The zero-order valence-corrected chi connectivity index (χ0v) is 9.02. The van der Waals surface area contributed by atoms with Crippen LogP contribution in [0.15, 0.2) is 18.3 Å². The third-order valence-corrected chi connectivity index (χ3v) is 2.64. The van der Waals surface area contributed by atoms with Gasteiger partial charge in [-0.1, -0.05) is 0 Å². The number of nitrogens with zero attached hydrogens (tertiary/aromatic N) is 2. The summed E-state index contributed by atoms with van der Waals surface area (Å²) in [6.45, 7) is 4.77. The van der Waals surface area contributed by atoms with Crippen molar-refractivity contribution < 1.29 is 4.74 Å². The average molecular weight is 207 g/mol. The first-order valence-corrected chi connectivity index (χ1v) is 5.37. The van der Waals surface area contributed by atoms with Crippen LogP contribution in [-0.4, -0.2) is 30.8 Å². The second-order valence-electron chi connectivity index (χ2n) is 3.76. The van der Waals surface area contributed by atoms with E-state index in [1.807, 2.05) is 19.1 Å². The molecule has 1 aliphatic heterocycles. The number of nitrogen functional groups attached to an aromatic ring is 1. The Labute approximate surface area is 90.0 Å². The molecule has 1 fully saturated rings. The van der Waals surface area contributed by atoms with Gasteiger partial charge in [0.1, 0.15) is 5.82 Å². The van der Waals surface area contributed by atoms with Crippen molar-refractivity contribution in [3.8, 4) is 0 Å². The van der Waals surface area contributed by atoms with Crippen LogP contribution in [0.4, 0.5) is 11.5 Å². The number of nitrogens with two attached hydrogens (primary N) is 1. The summed E-state index contributed by atoms with van der Waals surface area (Å²) in [5.41, 5.74) is 6.30. The highest BCUT2D eigenvalue weighted by Gasteiger charge is 2.23. The summed E-state index contributed by atoms with van der Waals surface area (Å²) < 4.78 is 5.58. The van der Waals surface area contributed by atoms with Gasteiger partial charge in [0.25, 0.3) is 0 Å². The summed E-state index contributed by atoms with van der Waals surface area (Å²) in [6, 6.07) is 3.85. The second kappa shape index (κ2) is 4.49. The van der Waals surface area contributed by atoms with E-state index in [1.54, 1.807) is 6.20 Å². The zero-order chi connectivity index (χ0) is 10.7. The van der Waals surface area contributed by atoms with Crippen LogP contribution in [0.25, 0.3) is 0 Å². The fraction of sp³-hybridized carbons (Fsp3) is 0.545. The molecule has 1 unspecified atom stereocenters. The van der Waals surface area contributed by atoms with Crippen LogP contribution >= 0.6 is 0 Å². The largest absolute Gasteiger partial charge is 0.397 e. The Morgan fingerprint density at radius 1 is 1.60 bits per heavy atom. The Bertz CT molecular complexity index is 312. The molecule has 15 heavy (non-hydrogen) atoms. The maximum Gasteiger partial charge on any atom is 0.128 e. The van der Waals surface area contributed by atoms with Gasteiger partial charge in [0.15, 0.2) is 0 Å². The fourth-order valence-corrected chi connectivity index (χ4v) is 1.89. The summed E-state index contributed by atoms with van der Waals surface area (Å²) in [5.74, 6) is 0.992. The smallest absolute Gasteiger partial charge is 0.128 e. The predicted molar refractivity (Wildman–Crippen MR) is 60.9 cm³/mol. The number of aromatic nitrogens is 1. The lowest BCUT2D eigenvalue weighted by atomic mass is 10.3. The molecule has 2 rings (SSSR count). The zero-order valence-electron chi connectivity index (χ0n) is 9.02. The van der Waals surface area contributed by atoms with Gasteiger partial charge in [0.2, 0.25) is 0 Å². The van der Waals surface area contributed by atoms with Crippen LogP contribution < -0.4 is 10.6 Å². The summed E-state index contributed by atoms with van der Waals surface area (Å²) in [4.78, 5) is 6.54. The molecule has 1 saturated heterocycles. The van der Waals surface area contributed by atoms with Gasteiger partial charge in [-0.25, -0.2) is 4.98 Å². The van der Waals surface area contributed by atoms with E-state index in [9.17, 15) is 0 Å². The SMILES string of the molecule is CCOC1CCN(c2ccc(N)cn2)C1. The maximum atomic E-state index is 5.59. The van der Waals surface area contributed by atoms with Crippen molar-refractivity contribution >= 4 is 11.5 Å².